The summed E-state index contributed by atoms with van der Waals surface area (Å²) >= 11 is 0. The van der Waals surface area contributed by atoms with Gasteiger partial charge in [-0.25, -0.2) is 0 Å². The Balaban J connectivity index is 1.38. The Kier molecular flexibility index (Phi) is 5.55. The van der Waals surface area contributed by atoms with Gasteiger partial charge in [-0.3, -0.25) is 15.0 Å². The summed E-state index contributed by atoms with van der Waals surface area (Å²) in [6.45, 7) is 2.41. The van der Waals surface area contributed by atoms with Crippen LogP contribution in [0.3, 0.4) is 0 Å². The maximum atomic E-state index is 12.7. The molecule has 1 saturated heterocycles. The highest BCUT2D eigenvalue weighted by atomic mass is 19.4. The topological polar surface area (TPSA) is 68.6 Å². The molecule has 0 atom stereocenters. The second-order valence-corrected chi connectivity index (χ2v) is 7.47. The second-order valence-electron chi connectivity index (χ2n) is 7.47. The summed E-state index contributed by atoms with van der Waals surface area (Å²) in [7, 11) is 0. The van der Waals surface area contributed by atoms with Crippen LogP contribution < -0.4 is 0 Å². The van der Waals surface area contributed by atoms with Crippen molar-refractivity contribution in [3.63, 3.8) is 0 Å². The van der Waals surface area contributed by atoms with Gasteiger partial charge in [0.2, 0.25) is 0 Å². The van der Waals surface area contributed by atoms with Gasteiger partial charge in [-0.05, 0) is 50.2 Å². The van der Waals surface area contributed by atoms with Crippen molar-refractivity contribution in [2.24, 2.45) is 0 Å². The number of benzene rings is 1. The maximum absolute atomic E-state index is 12.7. The zero-order valence-electron chi connectivity index (χ0n) is 16.2. The fraction of sp³-hybridized carbons (Fsp3) is 0.318. The Morgan fingerprint density at radius 1 is 1.10 bits per heavy atom. The molecule has 0 radical (unpaired) electrons. The molecule has 3 heterocycles. The van der Waals surface area contributed by atoms with Gasteiger partial charge in [0, 0.05) is 41.7 Å². The highest BCUT2D eigenvalue weighted by molar-refractivity contribution is 5.63. The molecule has 1 fully saturated rings. The van der Waals surface area contributed by atoms with Crippen LogP contribution in [0.5, 0.6) is 0 Å². The molecular weight excluding hydrogens is 391 g/mol. The van der Waals surface area contributed by atoms with Crippen LogP contribution in [0.15, 0.2) is 48.8 Å². The van der Waals surface area contributed by atoms with E-state index >= 15 is 0 Å². The number of hydrogen-bond donors (Lipinski definition) is 1. The standard InChI is InChI=1S/C22H20F3N5/c23-22(24,25)19-5-6-20(27-13-19)16-7-9-30(10-8-16)14-18-12-28-29-21(18)17-3-1-15(11-26)2-4-17/h1-6,12-13,16H,7-10,14H2,(H,28,29). The molecule has 1 aliphatic heterocycles. The summed E-state index contributed by atoms with van der Waals surface area (Å²) in [6.07, 6.45) is 0.158. The van der Waals surface area contributed by atoms with E-state index in [1.54, 1.807) is 12.1 Å². The molecular formula is C22H20F3N5. The quantitative estimate of drug-likeness (QED) is 0.673. The molecule has 3 aromatic rings. The summed E-state index contributed by atoms with van der Waals surface area (Å²) in [5, 5.41) is 16.2. The summed E-state index contributed by atoms with van der Waals surface area (Å²) in [5.74, 6) is 0.172. The Labute approximate surface area is 172 Å². The van der Waals surface area contributed by atoms with Gasteiger partial charge in [0.05, 0.1) is 22.9 Å². The summed E-state index contributed by atoms with van der Waals surface area (Å²) in [6, 6.07) is 12.1. The lowest BCUT2D eigenvalue weighted by atomic mass is 9.92. The number of pyridine rings is 1. The summed E-state index contributed by atoms with van der Waals surface area (Å²) in [5.41, 5.74) is 3.52. The van der Waals surface area contributed by atoms with Gasteiger partial charge in [0.15, 0.2) is 0 Å². The number of H-pyrrole nitrogens is 1. The molecule has 0 spiro atoms. The first kappa shape index (κ1) is 20.1. The molecule has 1 aliphatic rings. The minimum Gasteiger partial charge on any atom is -0.299 e. The summed E-state index contributed by atoms with van der Waals surface area (Å²) in [4.78, 5) is 6.38. The van der Waals surface area contributed by atoms with Crippen LogP contribution in [-0.4, -0.2) is 33.2 Å². The smallest absolute Gasteiger partial charge is 0.299 e. The molecule has 30 heavy (non-hydrogen) atoms. The normalized spacial score (nSPS) is 15.8. The third-order valence-electron chi connectivity index (χ3n) is 5.52. The van der Waals surface area contributed by atoms with Crippen molar-refractivity contribution in [2.75, 3.05) is 13.1 Å². The van der Waals surface area contributed by atoms with Crippen molar-refractivity contribution >= 4 is 0 Å². The third kappa shape index (κ3) is 4.36. The fourth-order valence-electron chi connectivity index (χ4n) is 3.83. The monoisotopic (exact) mass is 411 g/mol. The van der Waals surface area contributed by atoms with E-state index in [2.05, 4.69) is 26.2 Å². The lowest BCUT2D eigenvalue weighted by Crippen LogP contribution is -2.32. The Morgan fingerprint density at radius 3 is 2.43 bits per heavy atom. The SMILES string of the molecule is N#Cc1ccc(-c2n[nH]cc2CN2CCC(c3ccc(C(F)(F)F)cn3)CC2)cc1. The fourth-order valence-corrected chi connectivity index (χ4v) is 3.83. The van der Waals surface area contributed by atoms with E-state index in [1.807, 2.05) is 18.3 Å². The molecule has 4 rings (SSSR count). The predicted molar refractivity (Wildman–Crippen MR) is 105 cm³/mol. The van der Waals surface area contributed by atoms with Crippen molar-refractivity contribution in [3.8, 4) is 17.3 Å². The van der Waals surface area contributed by atoms with Gasteiger partial charge in [0.25, 0.3) is 0 Å². The number of hydrogen-bond acceptors (Lipinski definition) is 4. The number of nitrogens with one attached hydrogen (secondary N) is 1. The van der Waals surface area contributed by atoms with E-state index < -0.39 is 11.7 Å². The molecule has 0 saturated carbocycles. The van der Waals surface area contributed by atoms with Crippen molar-refractivity contribution in [1.82, 2.24) is 20.1 Å². The van der Waals surface area contributed by atoms with Gasteiger partial charge in [0.1, 0.15) is 0 Å². The average Bonchev–Trinajstić information content (AvgIpc) is 3.22. The minimum atomic E-state index is -4.36. The number of piperidine rings is 1. The molecule has 0 bridgehead atoms. The van der Waals surface area contributed by atoms with Crippen molar-refractivity contribution in [2.45, 2.75) is 31.5 Å². The first-order chi connectivity index (χ1) is 14.4. The Hall–Kier alpha value is -3.18. The zero-order chi connectivity index (χ0) is 21.1. The zero-order valence-corrected chi connectivity index (χ0v) is 16.2. The van der Waals surface area contributed by atoms with Crippen molar-refractivity contribution in [1.29, 1.82) is 5.26 Å². The molecule has 1 aromatic carbocycles. The summed E-state index contributed by atoms with van der Waals surface area (Å²) < 4.78 is 38.2. The highest BCUT2D eigenvalue weighted by Crippen LogP contribution is 2.32. The largest absolute Gasteiger partial charge is 0.417 e. The number of rotatable bonds is 4. The van der Waals surface area contributed by atoms with Crippen LogP contribution in [0.2, 0.25) is 0 Å². The van der Waals surface area contributed by atoms with E-state index in [0.717, 1.165) is 67.3 Å². The van der Waals surface area contributed by atoms with Crippen LogP contribution in [0, 0.1) is 11.3 Å². The maximum Gasteiger partial charge on any atom is 0.417 e. The van der Waals surface area contributed by atoms with Crippen molar-refractivity contribution < 1.29 is 13.2 Å². The molecule has 0 amide bonds. The number of alkyl halides is 3. The van der Waals surface area contributed by atoms with Gasteiger partial charge < -0.3 is 0 Å². The van der Waals surface area contributed by atoms with E-state index in [9.17, 15) is 13.2 Å². The van der Waals surface area contributed by atoms with E-state index in [4.69, 9.17) is 5.26 Å². The Bertz CT molecular complexity index is 1020. The van der Waals surface area contributed by atoms with E-state index in [0.29, 0.717) is 5.56 Å². The predicted octanol–water partition coefficient (Wildman–Crippen LogP) is 4.74. The first-order valence-electron chi connectivity index (χ1n) is 9.73. The average molecular weight is 411 g/mol. The Morgan fingerprint density at radius 2 is 1.83 bits per heavy atom. The van der Waals surface area contributed by atoms with Gasteiger partial charge >= 0.3 is 6.18 Å². The molecule has 0 unspecified atom stereocenters. The highest BCUT2D eigenvalue weighted by Gasteiger charge is 2.31. The number of halogens is 3. The lowest BCUT2D eigenvalue weighted by molar-refractivity contribution is -0.137. The number of nitrogens with zero attached hydrogens (tertiary/aromatic N) is 4. The van der Waals surface area contributed by atoms with Crippen LogP contribution in [0.4, 0.5) is 13.2 Å². The number of aromatic amines is 1. The second kappa shape index (κ2) is 8.28. The number of aromatic nitrogens is 3. The number of nitriles is 1. The first-order valence-corrected chi connectivity index (χ1v) is 9.73. The van der Waals surface area contributed by atoms with Gasteiger partial charge in [-0.1, -0.05) is 12.1 Å². The van der Waals surface area contributed by atoms with Crippen LogP contribution >= 0.6 is 0 Å². The molecule has 1 N–H and O–H groups in total. The third-order valence-corrected chi connectivity index (χ3v) is 5.52. The van der Waals surface area contributed by atoms with Gasteiger partial charge in [-0.15, -0.1) is 0 Å². The van der Waals surface area contributed by atoms with E-state index in [-0.39, 0.29) is 5.92 Å². The number of likely N-dealkylation sites (tertiary alicyclic amines) is 1. The van der Waals surface area contributed by atoms with Crippen LogP contribution in [0.25, 0.3) is 11.3 Å². The van der Waals surface area contributed by atoms with Crippen molar-refractivity contribution in [3.05, 3.63) is 71.2 Å². The lowest BCUT2D eigenvalue weighted by Gasteiger charge is -2.31. The molecule has 5 nitrogen and oxygen atoms in total. The molecule has 154 valence electrons. The van der Waals surface area contributed by atoms with E-state index in [1.165, 1.54) is 6.07 Å². The molecule has 0 aliphatic carbocycles. The van der Waals surface area contributed by atoms with Crippen LogP contribution in [-0.2, 0) is 12.7 Å². The van der Waals surface area contributed by atoms with Gasteiger partial charge in [-0.2, -0.15) is 23.5 Å². The molecule has 8 heteroatoms. The van der Waals surface area contributed by atoms with Crippen LogP contribution in [0.1, 0.15) is 41.1 Å². The molecule has 2 aromatic heterocycles. The minimum absolute atomic E-state index is 0.172.